The fourth-order valence-corrected chi connectivity index (χ4v) is 3.57. The first-order chi connectivity index (χ1) is 12.6. The Hall–Kier alpha value is -2.69. The summed E-state index contributed by atoms with van der Waals surface area (Å²) in [5, 5.41) is 2.82. The number of rotatable bonds is 4. The van der Waals surface area contributed by atoms with Gasteiger partial charge in [-0.2, -0.15) is 0 Å². The number of hydrogen-bond donors (Lipinski definition) is 1. The molecule has 1 aliphatic carbocycles. The van der Waals surface area contributed by atoms with E-state index in [-0.39, 0.29) is 30.1 Å². The van der Waals surface area contributed by atoms with E-state index < -0.39 is 6.04 Å². The van der Waals surface area contributed by atoms with Gasteiger partial charge in [-0.15, -0.1) is 0 Å². The zero-order chi connectivity index (χ0) is 18.1. The van der Waals surface area contributed by atoms with Crippen molar-refractivity contribution in [3.63, 3.8) is 0 Å². The molecule has 5 heteroatoms. The van der Waals surface area contributed by atoms with Gasteiger partial charge in [0.2, 0.25) is 11.8 Å². The van der Waals surface area contributed by atoms with Crippen LogP contribution in [0.3, 0.4) is 0 Å². The van der Waals surface area contributed by atoms with Crippen LogP contribution in [0.2, 0.25) is 0 Å². The highest BCUT2D eigenvalue weighted by Gasteiger charge is 2.41. The Morgan fingerprint density at radius 1 is 1.08 bits per heavy atom. The van der Waals surface area contributed by atoms with Crippen molar-refractivity contribution < 1.29 is 14.0 Å². The third kappa shape index (κ3) is 3.21. The largest absolute Gasteiger partial charge is 0.350 e. The van der Waals surface area contributed by atoms with Crippen LogP contribution in [0.5, 0.6) is 0 Å². The number of carbonyl (C=O) groups excluding carboxylic acids is 2. The summed E-state index contributed by atoms with van der Waals surface area (Å²) in [7, 11) is 0. The van der Waals surface area contributed by atoms with Gasteiger partial charge in [-0.05, 0) is 36.5 Å². The van der Waals surface area contributed by atoms with E-state index in [2.05, 4.69) is 5.32 Å². The van der Waals surface area contributed by atoms with E-state index in [1.54, 1.807) is 23.1 Å². The first-order valence-electron chi connectivity index (χ1n) is 9.04. The van der Waals surface area contributed by atoms with E-state index in [9.17, 15) is 14.0 Å². The fourth-order valence-electron chi connectivity index (χ4n) is 3.57. The molecule has 1 heterocycles. The van der Waals surface area contributed by atoms with Crippen molar-refractivity contribution in [3.05, 3.63) is 71.0 Å². The third-order valence-corrected chi connectivity index (χ3v) is 5.15. The van der Waals surface area contributed by atoms with Crippen molar-refractivity contribution in [2.75, 3.05) is 6.54 Å². The van der Waals surface area contributed by atoms with Crippen molar-refractivity contribution in [1.82, 2.24) is 10.2 Å². The lowest BCUT2D eigenvalue weighted by Crippen LogP contribution is -2.47. The van der Waals surface area contributed by atoms with Crippen molar-refractivity contribution in [3.8, 4) is 0 Å². The highest BCUT2D eigenvalue weighted by atomic mass is 19.1. The lowest BCUT2D eigenvalue weighted by molar-refractivity contribution is -0.142. The van der Waals surface area contributed by atoms with Gasteiger partial charge < -0.3 is 10.2 Å². The van der Waals surface area contributed by atoms with E-state index in [0.29, 0.717) is 12.1 Å². The van der Waals surface area contributed by atoms with Crippen LogP contribution in [0.1, 0.15) is 35.6 Å². The minimum absolute atomic E-state index is 0.0575. The summed E-state index contributed by atoms with van der Waals surface area (Å²) in [5.74, 6) is -0.482. The molecule has 2 aromatic rings. The molecule has 26 heavy (non-hydrogen) atoms. The molecule has 1 aliphatic heterocycles. The molecule has 1 atom stereocenters. The number of halogens is 1. The summed E-state index contributed by atoms with van der Waals surface area (Å²) in [6, 6.07) is 13.5. The molecule has 134 valence electrons. The lowest BCUT2D eigenvalue weighted by atomic mass is 9.91. The average molecular weight is 352 g/mol. The van der Waals surface area contributed by atoms with Crippen LogP contribution in [-0.4, -0.2) is 23.3 Å². The zero-order valence-corrected chi connectivity index (χ0v) is 14.5. The summed E-state index contributed by atoms with van der Waals surface area (Å²) in [4.78, 5) is 27.4. The Morgan fingerprint density at radius 3 is 2.58 bits per heavy atom. The van der Waals surface area contributed by atoms with Gasteiger partial charge in [-0.3, -0.25) is 9.59 Å². The van der Waals surface area contributed by atoms with Crippen LogP contribution in [0.25, 0.3) is 0 Å². The number of nitrogens with zero attached hydrogens (tertiary/aromatic N) is 1. The highest BCUT2D eigenvalue weighted by molar-refractivity contribution is 5.91. The van der Waals surface area contributed by atoms with Gasteiger partial charge in [0, 0.05) is 24.6 Å². The number of hydrogen-bond acceptors (Lipinski definition) is 2. The van der Waals surface area contributed by atoms with Crippen molar-refractivity contribution in [2.24, 2.45) is 5.92 Å². The first kappa shape index (κ1) is 16.8. The Bertz CT molecular complexity index is 847. The number of fused-ring (bicyclic) bond motifs is 1. The van der Waals surface area contributed by atoms with Crippen LogP contribution < -0.4 is 5.32 Å². The van der Waals surface area contributed by atoms with Gasteiger partial charge in [0.25, 0.3) is 0 Å². The zero-order valence-electron chi connectivity index (χ0n) is 14.5. The molecule has 0 aromatic heterocycles. The maximum absolute atomic E-state index is 13.8. The second kappa shape index (κ2) is 6.90. The molecule has 0 spiro atoms. The molecular weight excluding hydrogens is 331 g/mol. The number of nitrogens with one attached hydrogen (secondary N) is 1. The van der Waals surface area contributed by atoms with E-state index in [1.165, 1.54) is 6.07 Å². The molecule has 0 saturated heterocycles. The first-order valence-corrected chi connectivity index (χ1v) is 9.04. The van der Waals surface area contributed by atoms with E-state index in [0.717, 1.165) is 30.4 Å². The lowest BCUT2D eigenvalue weighted by Gasteiger charge is -2.36. The topological polar surface area (TPSA) is 49.4 Å². The monoisotopic (exact) mass is 352 g/mol. The van der Waals surface area contributed by atoms with Crippen LogP contribution in [0.15, 0.2) is 48.5 Å². The molecule has 4 rings (SSSR count). The van der Waals surface area contributed by atoms with Crippen LogP contribution in [0, 0.1) is 11.7 Å². The van der Waals surface area contributed by atoms with Gasteiger partial charge in [0.1, 0.15) is 11.9 Å². The average Bonchev–Trinajstić information content (AvgIpc) is 3.51. The quantitative estimate of drug-likeness (QED) is 0.920. The molecule has 0 bridgehead atoms. The molecule has 2 aliphatic rings. The minimum Gasteiger partial charge on any atom is -0.350 e. The third-order valence-electron chi connectivity index (χ3n) is 5.15. The summed E-state index contributed by atoms with van der Waals surface area (Å²) >= 11 is 0. The van der Waals surface area contributed by atoms with Gasteiger partial charge in [0.15, 0.2) is 0 Å². The maximum atomic E-state index is 13.8. The summed E-state index contributed by atoms with van der Waals surface area (Å²) in [6.45, 7) is 0.653. The summed E-state index contributed by atoms with van der Waals surface area (Å²) < 4.78 is 13.8. The van der Waals surface area contributed by atoms with Crippen LogP contribution in [-0.2, 0) is 22.6 Å². The molecule has 1 N–H and O–H groups in total. The van der Waals surface area contributed by atoms with Gasteiger partial charge >= 0.3 is 0 Å². The van der Waals surface area contributed by atoms with E-state index in [4.69, 9.17) is 0 Å². The molecular formula is C21H21FN2O2. The normalized spacial score (nSPS) is 19.0. The fraction of sp³-hybridized carbons (Fsp3) is 0.333. The second-order valence-corrected chi connectivity index (χ2v) is 6.97. The number of amides is 2. The highest BCUT2D eigenvalue weighted by Crippen LogP contribution is 2.37. The van der Waals surface area contributed by atoms with Gasteiger partial charge in [0.05, 0.1) is 0 Å². The van der Waals surface area contributed by atoms with Crippen LogP contribution in [0.4, 0.5) is 4.39 Å². The molecule has 0 unspecified atom stereocenters. The van der Waals surface area contributed by atoms with E-state index >= 15 is 0 Å². The predicted octanol–water partition coefficient (Wildman–Crippen LogP) is 2.98. The summed E-state index contributed by atoms with van der Waals surface area (Å²) in [6.07, 6.45) is 2.56. The minimum atomic E-state index is -0.639. The van der Waals surface area contributed by atoms with Crippen molar-refractivity contribution in [1.29, 1.82) is 0 Å². The smallest absolute Gasteiger partial charge is 0.247 e. The SMILES string of the molecule is O=C(NCc1ccccc1F)[C@@H]1c2ccccc2CCN1C(=O)C1CC1. The number of carbonyl (C=O) groups is 2. The number of benzene rings is 2. The maximum Gasteiger partial charge on any atom is 0.247 e. The molecule has 1 fully saturated rings. The molecule has 2 aromatic carbocycles. The Kier molecular flexibility index (Phi) is 4.45. The molecule has 0 radical (unpaired) electrons. The van der Waals surface area contributed by atoms with Gasteiger partial charge in [-0.1, -0.05) is 42.5 Å². The molecule has 4 nitrogen and oxygen atoms in total. The Morgan fingerprint density at radius 2 is 1.81 bits per heavy atom. The van der Waals surface area contributed by atoms with Crippen molar-refractivity contribution >= 4 is 11.8 Å². The Balaban J connectivity index is 1.58. The van der Waals surface area contributed by atoms with Gasteiger partial charge in [-0.25, -0.2) is 4.39 Å². The summed E-state index contributed by atoms with van der Waals surface area (Å²) in [5.41, 5.74) is 2.40. The second-order valence-electron chi connectivity index (χ2n) is 6.97. The van der Waals surface area contributed by atoms with Crippen molar-refractivity contribution in [2.45, 2.75) is 31.8 Å². The Labute approximate surface area is 152 Å². The van der Waals surface area contributed by atoms with Crippen LogP contribution >= 0.6 is 0 Å². The molecule has 1 saturated carbocycles. The predicted molar refractivity (Wildman–Crippen MR) is 95.6 cm³/mol. The van der Waals surface area contributed by atoms with E-state index in [1.807, 2.05) is 24.3 Å². The molecule has 2 amide bonds. The standard InChI is InChI=1S/C21H21FN2O2/c22-18-8-4-2-6-16(18)13-23-20(25)19-17-7-3-1-5-14(17)11-12-24(19)21(26)15-9-10-15/h1-8,15,19H,9-13H2,(H,23,25)/t19-/m0/s1.